The summed E-state index contributed by atoms with van der Waals surface area (Å²) in [6, 6.07) is 0.746. The van der Waals surface area contributed by atoms with Crippen molar-refractivity contribution in [3.8, 4) is 5.75 Å². The minimum Gasteiger partial charge on any atom is -0.508 e. The maximum absolute atomic E-state index is 13.0. The molecule has 0 bridgehead atoms. The number of aliphatic carboxylic acids is 2. The number of carbonyl (C=O) groups excluding carboxylic acids is 3. The van der Waals surface area contributed by atoms with E-state index in [4.69, 9.17) is 5.73 Å². The maximum Gasteiger partial charge on any atom is 0.326 e. The summed E-state index contributed by atoms with van der Waals surface area (Å²) in [6.07, 6.45) is 1.51. The Morgan fingerprint density at radius 1 is 0.892 bits per heavy atom. The summed E-state index contributed by atoms with van der Waals surface area (Å²) in [7, 11) is 0. The van der Waals surface area contributed by atoms with E-state index in [0.717, 1.165) is 0 Å². The number of hydrogen-bond acceptors (Lipinski definition) is 8. The molecule has 0 saturated heterocycles. The highest BCUT2D eigenvalue weighted by Gasteiger charge is 2.32. The van der Waals surface area contributed by atoms with Crippen molar-refractivity contribution >= 4 is 41.4 Å². The first kappa shape index (κ1) is 31.7. The van der Waals surface area contributed by atoms with Crippen molar-refractivity contribution in [2.24, 2.45) is 11.7 Å². The lowest BCUT2D eigenvalue weighted by Crippen LogP contribution is -2.58. The number of benzene rings is 1. The molecule has 4 unspecified atom stereocenters. The molecule has 0 aliphatic carbocycles. The molecule has 206 valence electrons. The normalized spacial score (nSPS) is 14.2. The highest BCUT2D eigenvalue weighted by atomic mass is 32.2. The number of phenols is 1. The number of thioether (sulfide) groups is 1. The van der Waals surface area contributed by atoms with Crippen LogP contribution in [0.4, 0.5) is 0 Å². The van der Waals surface area contributed by atoms with Gasteiger partial charge in [-0.2, -0.15) is 11.8 Å². The van der Waals surface area contributed by atoms with E-state index in [-0.39, 0.29) is 24.5 Å². The summed E-state index contributed by atoms with van der Waals surface area (Å²) < 4.78 is 0. The van der Waals surface area contributed by atoms with Gasteiger partial charge in [0.05, 0.1) is 12.5 Å². The van der Waals surface area contributed by atoms with Crippen LogP contribution in [0, 0.1) is 5.92 Å². The Balaban J connectivity index is 3.00. The molecule has 0 fully saturated rings. The molecule has 0 radical (unpaired) electrons. The molecule has 13 heteroatoms. The number of hydrogen-bond donors (Lipinski definition) is 7. The molecular weight excluding hydrogens is 504 g/mol. The van der Waals surface area contributed by atoms with Crippen molar-refractivity contribution in [1.29, 1.82) is 0 Å². The number of carbonyl (C=O) groups is 5. The lowest BCUT2D eigenvalue weighted by atomic mass is 10.0. The molecule has 1 aromatic carbocycles. The minimum atomic E-state index is -1.59. The Morgan fingerprint density at radius 2 is 1.43 bits per heavy atom. The zero-order valence-electron chi connectivity index (χ0n) is 21.1. The topological polar surface area (TPSA) is 208 Å². The van der Waals surface area contributed by atoms with Crippen LogP contribution in [0.3, 0.4) is 0 Å². The molecule has 0 saturated carbocycles. The minimum absolute atomic E-state index is 0.0165. The fourth-order valence-corrected chi connectivity index (χ4v) is 3.84. The van der Waals surface area contributed by atoms with Crippen LogP contribution in [0.15, 0.2) is 24.3 Å². The third-order valence-corrected chi connectivity index (χ3v) is 5.96. The quantitative estimate of drug-likeness (QED) is 0.150. The first-order chi connectivity index (χ1) is 17.3. The van der Waals surface area contributed by atoms with E-state index >= 15 is 0 Å². The van der Waals surface area contributed by atoms with Crippen LogP contribution in [-0.2, 0) is 30.4 Å². The summed E-state index contributed by atoms with van der Waals surface area (Å²) in [5.41, 5.74) is 6.39. The van der Waals surface area contributed by atoms with Gasteiger partial charge in [0, 0.05) is 6.42 Å². The summed E-state index contributed by atoms with van der Waals surface area (Å²) in [4.78, 5) is 61.5. The second-order valence-corrected chi connectivity index (χ2v) is 9.99. The molecule has 0 aromatic heterocycles. The third-order valence-electron chi connectivity index (χ3n) is 5.31. The molecule has 1 rings (SSSR count). The summed E-state index contributed by atoms with van der Waals surface area (Å²) in [6.45, 7) is 3.64. The van der Waals surface area contributed by atoms with Gasteiger partial charge in [-0.15, -0.1) is 0 Å². The van der Waals surface area contributed by atoms with E-state index in [9.17, 15) is 39.3 Å². The first-order valence-corrected chi connectivity index (χ1v) is 13.1. The van der Waals surface area contributed by atoms with E-state index in [2.05, 4.69) is 16.0 Å². The van der Waals surface area contributed by atoms with Gasteiger partial charge in [-0.3, -0.25) is 19.2 Å². The average molecular weight is 541 g/mol. The van der Waals surface area contributed by atoms with Crippen LogP contribution in [0.1, 0.15) is 38.7 Å². The van der Waals surface area contributed by atoms with E-state index in [1.807, 2.05) is 20.1 Å². The smallest absolute Gasteiger partial charge is 0.326 e. The van der Waals surface area contributed by atoms with Crippen molar-refractivity contribution in [3.63, 3.8) is 0 Å². The zero-order chi connectivity index (χ0) is 28.1. The summed E-state index contributed by atoms with van der Waals surface area (Å²) in [5.74, 6) is -4.51. The first-order valence-electron chi connectivity index (χ1n) is 11.7. The lowest BCUT2D eigenvalue weighted by molar-refractivity contribution is -0.143. The standard InChI is InChI=1S/C24H36N4O8S/c1-13(2)10-17(26-21(32)16(25)8-9-37-3)22(33)27-18(12-20(30)31)23(34)28-19(24(35)36)11-14-4-6-15(29)7-5-14/h4-7,13,16-19,29H,8-12,25H2,1-3H3,(H,26,32)(H,27,33)(H,28,34)(H,30,31)(H,35,36). The Hall–Kier alpha value is -3.32. The van der Waals surface area contributed by atoms with Gasteiger partial charge in [0.1, 0.15) is 23.9 Å². The Kier molecular flexibility index (Phi) is 13.5. The van der Waals surface area contributed by atoms with Gasteiger partial charge < -0.3 is 37.0 Å². The predicted octanol–water partition coefficient (Wildman–Crippen LogP) is 0.0749. The van der Waals surface area contributed by atoms with Gasteiger partial charge in [-0.1, -0.05) is 26.0 Å². The van der Waals surface area contributed by atoms with Gasteiger partial charge in [-0.25, -0.2) is 4.79 Å². The van der Waals surface area contributed by atoms with Crippen LogP contribution >= 0.6 is 11.8 Å². The molecule has 0 heterocycles. The van der Waals surface area contributed by atoms with Crippen LogP contribution in [0.5, 0.6) is 5.75 Å². The highest BCUT2D eigenvalue weighted by Crippen LogP contribution is 2.12. The predicted molar refractivity (Wildman–Crippen MR) is 138 cm³/mol. The largest absolute Gasteiger partial charge is 0.508 e. The number of carboxylic acids is 2. The molecule has 0 spiro atoms. The second-order valence-electron chi connectivity index (χ2n) is 9.01. The number of nitrogens with one attached hydrogen (secondary N) is 3. The Morgan fingerprint density at radius 3 is 1.95 bits per heavy atom. The van der Waals surface area contributed by atoms with Gasteiger partial charge in [0.25, 0.3) is 0 Å². The molecule has 37 heavy (non-hydrogen) atoms. The second kappa shape index (κ2) is 15.7. The summed E-state index contributed by atoms with van der Waals surface area (Å²) in [5, 5.41) is 35.4. The van der Waals surface area contributed by atoms with E-state index in [1.54, 1.807) is 0 Å². The van der Waals surface area contributed by atoms with Crippen LogP contribution in [0.25, 0.3) is 0 Å². The molecule has 0 aliphatic rings. The van der Waals surface area contributed by atoms with Gasteiger partial charge >= 0.3 is 11.9 Å². The lowest BCUT2D eigenvalue weighted by Gasteiger charge is -2.25. The molecule has 4 atom stereocenters. The molecule has 12 nitrogen and oxygen atoms in total. The van der Waals surface area contributed by atoms with Crippen LogP contribution in [-0.4, -0.2) is 81.2 Å². The number of rotatable bonds is 16. The monoisotopic (exact) mass is 540 g/mol. The van der Waals surface area contributed by atoms with Crippen LogP contribution < -0.4 is 21.7 Å². The molecule has 8 N–H and O–H groups in total. The summed E-state index contributed by atoms with van der Waals surface area (Å²) >= 11 is 1.52. The SMILES string of the molecule is CSCCC(N)C(=O)NC(CC(C)C)C(=O)NC(CC(=O)O)C(=O)NC(Cc1ccc(O)cc1)C(=O)O. The Bertz CT molecular complexity index is 941. The molecular formula is C24H36N4O8S. The van der Waals surface area contributed by atoms with Crippen molar-refractivity contribution in [3.05, 3.63) is 29.8 Å². The van der Waals surface area contributed by atoms with E-state index < -0.39 is 60.2 Å². The molecule has 3 amide bonds. The third kappa shape index (κ3) is 12.0. The van der Waals surface area contributed by atoms with Crippen molar-refractivity contribution in [2.45, 2.75) is 63.7 Å². The fourth-order valence-electron chi connectivity index (χ4n) is 3.35. The maximum atomic E-state index is 13.0. The zero-order valence-corrected chi connectivity index (χ0v) is 21.9. The van der Waals surface area contributed by atoms with Gasteiger partial charge in [-0.05, 0) is 48.5 Å². The average Bonchev–Trinajstić information content (AvgIpc) is 2.81. The van der Waals surface area contributed by atoms with Crippen LogP contribution in [0.2, 0.25) is 0 Å². The van der Waals surface area contributed by atoms with Gasteiger partial charge in [0.15, 0.2) is 0 Å². The van der Waals surface area contributed by atoms with E-state index in [0.29, 0.717) is 17.7 Å². The molecule has 0 aliphatic heterocycles. The van der Waals surface area contributed by atoms with Crippen molar-refractivity contribution in [2.75, 3.05) is 12.0 Å². The number of carboxylic acid groups (broad SMARTS) is 2. The van der Waals surface area contributed by atoms with E-state index in [1.165, 1.54) is 36.0 Å². The fraction of sp³-hybridized carbons (Fsp3) is 0.542. The number of phenolic OH excluding ortho intramolecular Hbond substituents is 1. The van der Waals surface area contributed by atoms with Gasteiger partial charge in [0.2, 0.25) is 17.7 Å². The highest BCUT2D eigenvalue weighted by molar-refractivity contribution is 7.98. The van der Waals surface area contributed by atoms with Crippen molar-refractivity contribution in [1.82, 2.24) is 16.0 Å². The number of amides is 3. The number of nitrogens with two attached hydrogens (primary N) is 1. The number of aromatic hydroxyl groups is 1. The van der Waals surface area contributed by atoms with Crippen molar-refractivity contribution < 1.29 is 39.3 Å². The molecule has 1 aromatic rings. The Labute approximate surface area is 219 Å².